The number of hydrogen-bond acceptors (Lipinski definition) is 16. The van der Waals surface area contributed by atoms with Gasteiger partial charge in [-0.15, -0.1) is 47.0 Å². The molecule has 0 saturated carbocycles. The normalized spacial score (nSPS) is 19.2. The minimum Gasteiger partial charge on any atom is -0.117 e. The summed E-state index contributed by atoms with van der Waals surface area (Å²) in [5.74, 6) is 5.08. The molecule has 0 spiro atoms. The minimum absolute atomic E-state index is 1.27. The van der Waals surface area contributed by atoms with E-state index in [1.165, 1.54) is 211 Å². The molecule has 0 saturated heterocycles. The summed E-state index contributed by atoms with van der Waals surface area (Å²) in [6, 6.07) is 0. The van der Waals surface area contributed by atoms with E-state index in [1.807, 2.05) is 0 Å². The van der Waals surface area contributed by atoms with Crippen LogP contribution in [0.25, 0.3) is 0 Å². The first kappa shape index (κ1) is 55.1. The first-order valence-electron chi connectivity index (χ1n) is 23.4. The third-order valence-corrected chi connectivity index (χ3v) is 34.5. The molecule has 6 heterocycles. The molecule has 348 valence electrons. The van der Waals surface area contributed by atoms with E-state index >= 15 is 0 Å². The molecule has 0 amide bonds. The predicted octanol–water partition coefficient (Wildman–Crippen LogP) is 24.1. The molecule has 0 atom stereocenters. The highest BCUT2D eigenvalue weighted by molar-refractivity contribution is 8.53. The van der Waals surface area contributed by atoms with Crippen molar-refractivity contribution in [2.45, 2.75) is 182 Å². The van der Waals surface area contributed by atoms with E-state index in [2.05, 4.69) is 216 Å². The molecule has 0 radical (unpaired) electrons. The number of hydrogen-bond donors (Lipinski definition) is 0. The van der Waals surface area contributed by atoms with Crippen LogP contribution in [0.1, 0.15) is 182 Å². The maximum absolute atomic E-state index is 2.32. The van der Waals surface area contributed by atoms with Gasteiger partial charge in [-0.3, -0.25) is 0 Å². The summed E-state index contributed by atoms with van der Waals surface area (Å²) < 4.78 is 21.7. The number of rotatable bonds is 32. The lowest BCUT2D eigenvalue weighted by molar-refractivity contribution is 0.627. The van der Waals surface area contributed by atoms with Gasteiger partial charge in [-0.2, -0.15) is 0 Å². The summed E-state index contributed by atoms with van der Waals surface area (Å²) in [6.07, 6.45) is 33.2. The lowest BCUT2D eigenvalue weighted by atomic mass is 10.1. The van der Waals surface area contributed by atoms with Crippen molar-refractivity contribution >= 4 is 188 Å². The molecule has 6 aliphatic rings. The molecular formula is C46H68S16. The van der Waals surface area contributed by atoms with E-state index < -0.39 is 0 Å². The van der Waals surface area contributed by atoms with Gasteiger partial charge in [0, 0.05) is 0 Å². The lowest BCUT2D eigenvalue weighted by Gasteiger charge is -2.09. The van der Waals surface area contributed by atoms with Gasteiger partial charge in [0.2, 0.25) is 0 Å². The van der Waals surface area contributed by atoms with Crippen LogP contribution in [0.2, 0.25) is 0 Å². The van der Waals surface area contributed by atoms with Crippen molar-refractivity contribution in [2.24, 2.45) is 0 Å². The Morgan fingerprint density at radius 2 is 0.371 bits per heavy atom. The van der Waals surface area contributed by atoms with Gasteiger partial charge in [0.1, 0.15) is 0 Å². The van der Waals surface area contributed by atoms with E-state index in [-0.39, 0.29) is 0 Å². The largest absolute Gasteiger partial charge is 0.117 e. The van der Waals surface area contributed by atoms with Crippen molar-refractivity contribution in [2.75, 3.05) is 23.0 Å². The Balaban J connectivity index is 0.970. The molecule has 0 aromatic carbocycles. The minimum atomic E-state index is 1.27. The van der Waals surface area contributed by atoms with Crippen LogP contribution in [0.5, 0.6) is 0 Å². The Morgan fingerprint density at radius 1 is 0.210 bits per heavy atom. The molecule has 6 rings (SSSR count). The van der Waals surface area contributed by atoms with E-state index in [9.17, 15) is 0 Å². The van der Waals surface area contributed by atoms with Crippen LogP contribution in [-0.2, 0) is 0 Å². The predicted molar refractivity (Wildman–Crippen MR) is 324 cm³/mol. The fourth-order valence-corrected chi connectivity index (χ4v) is 32.3. The highest BCUT2D eigenvalue weighted by Gasteiger charge is 2.40. The molecule has 62 heavy (non-hydrogen) atoms. The molecule has 0 unspecified atom stereocenters. The highest BCUT2D eigenvalue weighted by Crippen LogP contribution is 2.76. The van der Waals surface area contributed by atoms with E-state index in [1.54, 1.807) is 25.4 Å². The molecule has 0 nitrogen and oxygen atoms in total. The molecule has 0 N–H and O–H groups in total. The van der Waals surface area contributed by atoms with Gasteiger partial charge in [-0.25, -0.2) is 0 Å². The second kappa shape index (κ2) is 32.7. The van der Waals surface area contributed by atoms with Crippen molar-refractivity contribution in [1.29, 1.82) is 0 Å². The van der Waals surface area contributed by atoms with Gasteiger partial charge in [0.15, 0.2) is 0 Å². The zero-order valence-corrected chi connectivity index (χ0v) is 50.4. The summed E-state index contributed by atoms with van der Waals surface area (Å²) in [5, 5.41) is 0. The van der Waals surface area contributed by atoms with Crippen LogP contribution in [0.4, 0.5) is 0 Å². The Kier molecular flexibility index (Phi) is 29.1. The third kappa shape index (κ3) is 18.8. The van der Waals surface area contributed by atoms with Crippen molar-refractivity contribution in [1.82, 2.24) is 0 Å². The zero-order valence-electron chi connectivity index (χ0n) is 37.3. The number of unbranched alkanes of at least 4 members (excludes halogenated alkanes) is 20. The first-order valence-corrected chi connectivity index (χ1v) is 37.2. The fourth-order valence-electron chi connectivity index (χ4n) is 6.76. The maximum Gasteiger partial charge on any atom is 0.0718 e. The standard InChI is InChI=1S/C46H68S16/c1-5-9-13-17-21-25-29-47-33-34(48-30-26-22-18-14-10-6-2)52-37(51-33)39-55-41-42(56-39)60-45(59-41)46-61-43-44(62-46)58-40(57-43)38-53-35(49-31-27-23-19-15-11-7-3)36(54-38)50-32-28-24-20-16-12-8-4/h5-32H2,1-4H3. The van der Waals surface area contributed by atoms with Gasteiger partial charge in [-0.1, -0.05) is 297 Å². The van der Waals surface area contributed by atoms with E-state index in [0.717, 1.165) is 0 Å². The van der Waals surface area contributed by atoms with Crippen molar-refractivity contribution in [3.8, 4) is 0 Å². The van der Waals surface area contributed by atoms with Gasteiger partial charge >= 0.3 is 0 Å². The molecule has 0 aromatic heterocycles. The van der Waals surface area contributed by atoms with Crippen LogP contribution >= 0.6 is 188 Å². The Morgan fingerprint density at radius 3 is 0.565 bits per heavy atom. The van der Waals surface area contributed by atoms with Crippen LogP contribution < -0.4 is 0 Å². The van der Waals surface area contributed by atoms with Crippen molar-refractivity contribution in [3.05, 3.63) is 59.3 Å². The van der Waals surface area contributed by atoms with Crippen LogP contribution in [0.15, 0.2) is 59.3 Å². The average Bonchev–Trinajstić information content (AvgIpc) is 4.13. The lowest BCUT2D eigenvalue weighted by Crippen LogP contribution is -1.84. The SMILES string of the molecule is CCCCCCCCSC1=C(SCCCCCCCC)SC(=C2SC3=C(S2)SC(=C2SC4=C(SC(=C5SC(SCCCCCCCC)=C(SCCCCCCCC)S5)S4)S2)S3)S1. The van der Waals surface area contributed by atoms with Gasteiger partial charge in [0.05, 0.1) is 59.3 Å². The fraction of sp³-hybridized carbons (Fsp3) is 0.696. The van der Waals surface area contributed by atoms with Crippen LogP contribution in [0, 0.1) is 0 Å². The molecular weight excluding hydrogens is 1070 g/mol. The maximum atomic E-state index is 2.32. The molecule has 0 fully saturated rings. The Bertz CT molecular complexity index is 1440. The summed E-state index contributed by atoms with van der Waals surface area (Å²) in [7, 11) is 0. The molecule has 6 aliphatic heterocycles. The highest BCUT2D eigenvalue weighted by atomic mass is 32.3. The third-order valence-electron chi connectivity index (χ3n) is 10.3. The Labute approximate surface area is 446 Å². The molecule has 0 bridgehead atoms. The second-order valence-corrected chi connectivity index (χ2v) is 36.0. The topological polar surface area (TPSA) is 0 Å². The number of thioether (sulfide) groups is 16. The average molecular weight is 1130 g/mol. The summed E-state index contributed by atoms with van der Waals surface area (Å²) >= 11 is 33.5. The van der Waals surface area contributed by atoms with Crippen molar-refractivity contribution < 1.29 is 0 Å². The second-order valence-electron chi connectivity index (χ2n) is 15.7. The smallest absolute Gasteiger partial charge is 0.0718 e. The summed E-state index contributed by atoms with van der Waals surface area (Å²) in [5.41, 5.74) is 0. The van der Waals surface area contributed by atoms with E-state index in [4.69, 9.17) is 0 Å². The molecule has 0 aliphatic carbocycles. The van der Waals surface area contributed by atoms with Gasteiger partial charge < -0.3 is 0 Å². The van der Waals surface area contributed by atoms with Crippen LogP contribution in [0.3, 0.4) is 0 Å². The van der Waals surface area contributed by atoms with Gasteiger partial charge in [-0.05, 0) is 48.7 Å². The summed E-state index contributed by atoms with van der Waals surface area (Å²) in [6.45, 7) is 9.27. The van der Waals surface area contributed by atoms with Gasteiger partial charge in [0.25, 0.3) is 0 Å². The van der Waals surface area contributed by atoms with Crippen LogP contribution in [-0.4, -0.2) is 23.0 Å². The monoisotopic (exact) mass is 1130 g/mol. The zero-order chi connectivity index (χ0) is 43.2. The Hall–Kier alpha value is 3.78. The van der Waals surface area contributed by atoms with E-state index in [0.29, 0.717) is 0 Å². The first-order chi connectivity index (χ1) is 30.6. The molecule has 0 aromatic rings. The summed E-state index contributed by atoms with van der Waals surface area (Å²) in [4.78, 5) is 0. The molecule has 16 heteroatoms. The quantitative estimate of drug-likeness (QED) is 0.0587. The van der Waals surface area contributed by atoms with Crippen molar-refractivity contribution in [3.63, 3.8) is 0 Å².